The molecule has 0 atom stereocenters. The average molecular weight is 357 g/mol. The monoisotopic (exact) mass is 357 g/mol. The number of nitrogens with zero attached hydrogens (tertiary/aromatic N) is 2. The van der Waals surface area contributed by atoms with E-state index in [4.69, 9.17) is 5.11 Å². The Bertz CT molecular complexity index is 735. The van der Waals surface area contributed by atoms with Crippen LogP contribution in [0.5, 0.6) is 0 Å². The predicted octanol–water partition coefficient (Wildman–Crippen LogP) is 3.64. The van der Waals surface area contributed by atoms with Gasteiger partial charge in [0.1, 0.15) is 0 Å². The van der Waals surface area contributed by atoms with Crippen molar-refractivity contribution >= 4 is 11.9 Å². The van der Waals surface area contributed by atoms with Crippen LogP contribution in [0.4, 0.5) is 0 Å². The molecule has 26 heavy (non-hydrogen) atoms. The van der Waals surface area contributed by atoms with Gasteiger partial charge >= 0.3 is 5.97 Å². The fourth-order valence-corrected chi connectivity index (χ4v) is 2.76. The largest absolute Gasteiger partial charge is 0.481 e. The van der Waals surface area contributed by atoms with Crippen molar-refractivity contribution in [2.45, 2.75) is 52.4 Å². The Labute approximate surface area is 154 Å². The highest BCUT2D eigenvalue weighted by Crippen LogP contribution is 2.13. The third-order valence-corrected chi connectivity index (χ3v) is 4.25. The van der Waals surface area contributed by atoms with Gasteiger partial charge in [0.25, 0.3) is 5.91 Å². The van der Waals surface area contributed by atoms with Crippen molar-refractivity contribution < 1.29 is 14.7 Å². The Morgan fingerprint density at radius 3 is 2.38 bits per heavy atom. The summed E-state index contributed by atoms with van der Waals surface area (Å²) in [6.45, 7) is 4.57. The van der Waals surface area contributed by atoms with Crippen molar-refractivity contribution in [2.24, 2.45) is 0 Å². The number of amides is 1. The van der Waals surface area contributed by atoms with Crippen LogP contribution >= 0.6 is 0 Å². The number of carboxylic acids is 1. The van der Waals surface area contributed by atoms with E-state index in [2.05, 4.69) is 10.4 Å². The molecule has 0 spiro atoms. The van der Waals surface area contributed by atoms with Gasteiger partial charge in [-0.15, -0.1) is 0 Å². The normalized spacial score (nSPS) is 10.7. The molecule has 6 heteroatoms. The van der Waals surface area contributed by atoms with Crippen molar-refractivity contribution in [3.05, 3.63) is 47.3 Å². The highest BCUT2D eigenvalue weighted by atomic mass is 16.4. The van der Waals surface area contributed by atoms with E-state index >= 15 is 0 Å². The van der Waals surface area contributed by atoms with Gasteiger partial charge in [-0.05, 0) is 44.9 Å². The third kappa shape index (κ3) is 6.02. The summed E-state index contributed by atoms with van der Waals surface area (Å²) >= 11 is 0. The highest BCUT2D eigenvalue weighted by molar-refractivity contribution is 5.92. The van der Waals surface area contributed by atoms with Crippen molar-refractivity contribution in [3.63, 3.8) is 0 Å². The standard InChI is InChI=1S/C20H27N3O3/c1-15-9-11-17(12-10-15)23-16(2)14-18(22-23)20(26)21-13-7-5-3-4-6-8-19(24)25/h9-12,14H,3-8,13H2,1-2H3,(H,21,26)(H,24,25). The third-order valence-electron chi connectivity index (χ3n) is 4.25. The van der Waals surface area contributed by atoms with Crippen molar-refractivity contribution in [1.82, 2.24) is 15.1 Å². The van der Waals surface area contributed by atoms with Crippen LogP contribution in [0.25, 0.3) is 5.69 Å². The summed E-state index contributed by atoms with van der Waals surface area (Å²) in [5.41, 5.74) is 3.45. The van der Waals surface area contributed by atoms with Gasteiger partial charge in [0.05, 0.1) is 5.69 Å². The van der Waals surface area contributed by atoms with Crippen LogP contribution in [0.2, 0.25) is 0 Å². The number of hydrogen-bond acceptors (Lipinski definition) is 3. The van der Waals surface area contributed by atoms with Crippen LogP contribution < -0.4 is 5.32 Å². The summed E-state index contributed by atoms with van der Waals surface area (Å²) in [4.78, 5) is 22.7. The summed E-state index contributed by atoms with van der Waals surface area (Å²) in [6, 6.07) is 9.81. The predicted molar refractivity (Wildman–Crippen MR) is 101 cm³/mol. The number of carboxylic acid groups (broad SMARTS) is 1. The van der Waals surface area contributed by atoms with E-state index in [9.17, 15) is 9.59 Å². The Morgan fingerprint density at radius 1 is 1.04 bits per heavy atom. The number of aromatic nitrogens is 2. The number of carbonyl (C=O) groups is 2. The van der Waals surface area contributed by atoms with E-state index in [0.29, 0.717) is 12.2 Å². The van der Waals surface area contributed by atoms with Crippen molar-refractivity contribution in [2.75, 3.05) is 6.54 Å². The molecule has 140 valence electrons. The Morgan fingerprint density at radius 2 is 1.69 bits per heavy atom. The Balaban J connectivity index is 1.75. The van der Waals surface area contributed by atoms with Crippen LogP contribution in [0.15, 0.2) is 30.3 Å². The molecule has 0 aliphatic carbocycles. The first kappa shape index (κ1) is 19.7. The van der Waals surface area contributed by atoms with Gasteiger partial charge in [0.15, 0.2) is 5.69 Å². The fraction of sp³-hybridized carbons (Fsp3) is 0.450. The summed E-state index contributed by atoms with van der Waals surface area (Å²) in [5.74, 6) is -0.900. The molecule has 0 aliphatic rings. The zero-order valence-corrected chi connectivity index (χ0v) is 15.5. The lowest BCUT2D eigenvalue weighted by Crippen LogP contribution is -2.25. The number of aryl methyl sites for hydroxylation is 2. The minimum atomic E-state index is -0.738. The minimum absolute atomic E-state index is 0.162. The summed E-state index contributed by atoms with van der Waals surface area (Å²) < 4.78 is 1.77. The van der Waals surface area contributed by atoms with E-state index in [1.165, 1.54) is 5.56 Å². The van der Waals surface area contributed by atoms with Crippen LogP contribution in [-0.2, 0) is 4.79 Å². The molecule has 0 radical (unpaired) electrons. The Kier molecular flexibility index (Phi) is 7.38. The molecule has 0 bridgehead atoms. The number of aliphatic carboxylic acids is 1. The zero-order valence-electron chi connectivity index (χ0n) is 15.5. The quantitative estimate of drug-likeness (QED) is 0.636. The van der Waals surface area contributed by atoms with E-state index in [1.807, 2.05) is 38.1 Å². The number of hydrogen-bond donors (Lipinski definition) is 2. The second-order valence-electron chi connectivity index (χ2n) is 6.59. The molecule has 0 saturated carbocycles. The molecule has 2 rings (SSSR count). The molecule has 0 aliphatic heterocycles. The average Bonchev–Trinajstić information content (AvgIpc) is 2.99. The maximum absolute atomic E-state index is 12.3. The molecule has 1 aromatic heterocycles. The molecule has 0 fully saturated rings. The molecule has 1 heterocycles. The summed E-state index contributed by atoms with van der Waals surface area (Å²) in [5, 5.41) is 15.9. The molecule has 0 unspecified atom stereocenters. The summed E-state index contributed by atoms with van der Waals surface area (Å²) in [7, 11) is 0. The first-order valence-corrected chi connectivity index (χ1v) is 9.11. The van der Waals surface area contributed by atoms with Gasteiger partial charge in [-0.3, -0.25) is 9.59 Å². The summed E-state index contributed by atoms with van der Waals surface area (Å²) in [6.07, 6.45) is 4.73. The first-order valence-electron chi connectivity index (χ1n) is 9.11. The second kappa shape index (κ2) is 9.75. The maximum Gasteiger partial charge on any atom is 0.303 e. The molecule has 1 aromatic carbocycles. The highest BCUT2D eigenvalue weighted by Gasteiger charge is 2.12. The van der Waals surface area contributed by atoms with Gasteiger partial charge in [-0.2, -0.15) is 5.10 Å². The Hall–Kier alpha value is -2.63. The maximum atomic E-state index is 12.3. The fourth-order valence-electron chi connectivity index (χ4n) is 2.76. The lowest BCUT2D eigenvalue weighted by atomic mass is 10.1. The van der Waals surface area contributed by atoms with Crippen LogP contribution in [-0.4, -0.2) is 33.3 Å². The van der Waals surface area contributed by atoms with E-state index in [0.717, 1.165) is 43.5 Å². The first-order chi connectivity index (χ1) is 12.5. The smallest absolute Gasteiger partial charge is 0.303 e. The molecule has 6 nitrogen and oxygen atoms in total. The lowest BCUT2D eigenvalue weighted by molar-refractivity contribution is -0.137. The zero-order chi connectivity index (χ0) is 18.9. The lowest BCUT2D eigenvalue weighted by Gasteiger charge is -2.05. The molecule has 1 amide bonds. The van der Waals surface area contributed by atoms with Gasteiger partial charge in [-0.25, -0.2) is 4.68 Å². The number of unbranched alkanes of at least 4 members (excludes halogenated alkanes) is 4. The number of nitrogens with one attached hydrogen (secondary N) is 1. The van der Waals surface area contributed by atoms with Crippen LogP contribution in [0.3, 0.4) is 0 Å². The number of benzene rings is 1. The molecular weight excluding hydrogens is 330 g/mol. The van der Waals surface area contributed by atoms with Crippen LogP contribution in [0, 0.1) is 13.8 Å². The topological polar surface area (TPSA) is 84.2 Å². The molecule has 2 N–H and O–H groups in total. The van der Waals surface area contributed by atoms with Crippen LogP contribution in [0.1, 0.15) is 60.3 Å². The number of carbonyl (C=O) groups excluding carboxylic acids is 1. The minimum Gasteiger partial charge on any atom is -0.481 e. The number of rotatable bonds is 10. The molecular formula is C20H27N3O3. The molecule has 2 aromatic rings. The van der Waals surface area contributed by atoms with Crippen molar-refractivity contribution in [1.29, 1.82) is 0 Å². The van der Waals surface area contributed by atoms with Gasteiger partial charge in [0, 0.05) is 18.7 Å². The SMILES string of the molecule is Cc1ccc(-n2nc(C(=O)NCCCCCCCC(=O)O)cc2C)cc1. The van der Waals surface area contributed by atoms with E-state index in [-0.39, 0.29) is 12.3 Å². The van der Waals surface area contributed by atoms with Gasteiger partial charge in [0.2, 0.25) is 0 Å². The molecule has 0 saturated heterocycles. The van der Waals surface area contributed by atoms with E-state index in [1.54, 1.807) is 10.7 Å². The van der Waals surface area contributed by atoms with Crippen molar-refractivity contribution in [3.8, 4) is 5.69 Å². The van der Waals surface area contributed by atoms with Gasteiger partial charge in [-0.1, -0.05) is 37.0 Å². The second-order valence-corrected chi connectivity index (χ2v) is 6.59. The van der Waals surface area contributed by atoms with Gasteiger partial charge < -0.3 is 10.4 Å². The van der Waals surface area contributed by atoms with E-state index < -0.39 is 5.97 Å².